The minimum atomic E-state index is -0.759. The van der Waals surface area contributed by atoms with Crippen LogP contribution in [-0.2, 0) is 0 Å². The molecule has 0 aromatic heterocycles. The number of nitrogens with zero attached hydrogens (tertiary/aromatic N) is 1. The number of benzene rings is 2. The molecular formula is C28H42NOP. The van der Waals surface area contributed by atoms with E-state index in [-0.39, 0.29) is 0 Å². The lowest BCUT2D eigenvalue weighted by molar-refractivity contribution is 0.387. The molecule has 3 heteroatoms. The second-order valence-electron chi connectivity index (χ2n) is 8.87. The zero-order chi connectivity index (χ0) is 21.7. The predicted octanol–water partition coefficient (Wildman–Crippen LogP) is 8.71. The Morgan fingerprint density at radius 3 is 1.77 bits per heavy atom. The second-order valence-corrected chi connectivity index (χ2v) is 10.6. The highest BCUT2D eigenvalue weighted by atomic mass is 31.2. The third-order valence-electron chi connectivity index (χ3n) is 6.27. The topological polar surface area (TPSA) is 12.5 Å². The lowest BCUT2D eigenvalue weighted by atomic mass is 10.0. The van der Waals surface area contributed by atoms with E-state index in [1.807, 2.05) is 0 Å². The summed E-state index contributed by atoms with van der Waals surface area (Å²) in [6, 6.07) is 17.5. The number of para-hydroxylation sites is 1. The van der Waals surface area contributed by atoms with E-state index < -0.39 is 8.30 Å². The molecule has 0 fully saturated rings. The molecule has 0 saturated heterocycles. The highest BCUT2D eigenvalue weighted by Crippen LogP contribution is 2.50. The van der Waals surface area contributed by atoms with Gasteiger partial charge in [0, 0.05) is 24.0 Å². The van der Waals surface area contributed by atoms with Gasteiger partial charge in [-0.1, -0.05) is 114 Å². The first-order valence-electron chi connectivity index (χ1n) is 12.8. The summed E-state index contributed by atoms with van der Waals surface area (Å²) < 4.78 is 9.39. The van der Waals surface area contributed by atoms with Crippen LogP contribution in [0.2, 0.25) is 0 Å². The van der Waals surface area contributed by atoms with Gasteiger partial charge in [-0.15, -0.1) is 0 Å². The maximum Gasteiger partial charge on any atom is 0.197 e. The zero-order valence-electron chi connectivity index (χ0n) is 19.8. The van der Waals surface area contributed by atoms with Gasteiger partial charge in [-0.3, -0.25) is 0 Å². The van der Waals surface area contributed by atoms with Gasteiger partial charge in [0.25, 0.3) is 0 Å². The molecular weight excluding hydrogens is 397 g/mol. The molecule has 2 aromatic rings. The number of hydrogen-bond donors (Lipinski definition) is 0. The van der Waals surface area contributed by atoms with Gasteiger partial charge in [0.1, 0.15) is 5.75 Å². The fourth-order valence-electron chi connectivity index (χ4n) is 4.43. The number of rotatable bonds is 15. The summed E-state index contributed by atoms with van der Waals surface area (Å²) in [5.74, 6) is 1.06. The molecule has 0 aliphatic carbocycles. The molecule has 31 heavy (non-hydrogen) atoms. The Bertz CT molecular complexity index is 746. The van der Waals surface area contributed by atoms with Gasteiger partial charge in [-0.05, 0) is 30.5 Å². The molecule has 0 radical (unpaired) electrons. The van der Waals surface area contributed by atoms with Crippen molar-refractivity contribution < 1.29 is 4.52 Å². The maximum absolute atomic E-state index is 6.70. The van der Waals surface area contributed by atoms with Crippen LogP contribution in [0.1, 0.15) is 90.9 Å². The first-order chi connectivity index (χ1) is 15.3. The molecule has 2 nitrogen and oxygen atoms in total. The van der Waals surface area contributed by atoms with E-state index in [2.05, 4.69) is 67.0 Å². The minimum Gasteiger partial charge on any atom is -0.453 e. The third kappa shape index (κ3) is 7.33. The molecule has 1 atom stereocenters. The normalized spacial score (nSPS) is 14.9. The smallest absolute Gasteiger partial charge is 0.197 e. The van der Waals surface area contributed by atoms with Crippen LogP contribution >= 0.6 is 8.30 Å². The van der Waals surface area contributed by atoms with E-state index in [0.717, 1.165) is 18.8 Å². The summed E-state index contributed by atoms with van der Waals surface area (Å²) in [7, 11) is -0.759. The molecule has 2 aromatic carbocycles. The van der Waals surface area contributed by atoms with Crippen LogP contribution in [-0.4, -0.2) is 17.8 Å². The summed E-state index contributed by atoms with van der Waals surface area (Å²) in [6.07, 6.45) is 16.2. The van der Waals surface area contributed by atoms with Crippen molar-refractivity contribution in [3.05, 3.63) is 48.5 Å². The first kappa shape index (κ1) is 24.3. The van der Waals surface area contributed by atoms with Crippen molar-refractivity contribution >= 4 is 13.6 Å². The van der Waals surface area contributed by atoms with Gasteiger partial charge < -0.3 is 4.52 Å². The van der Waals surface area contributed by atoms with E-state index >= 15 is 0 Å². The van der Waals surface area contributed by atoms with Gasteiger partial charge in [-0.25, -0.2) is 4.67 Å². The van der Waals surface area contributed by atoms with Crippen molar-refractivity contribution in [3.63, 3.8) is 0 Å². The van der Waals surface area contributed by atoms with Crippen LogP contribution < -0.4 is 9.83 Å². The zero-order valence-corrected chi connectivity index (χ0v) is 20.7. The fourth-order valence-corrected chi connectivity index (χ4v) is 6.56. The monoisotopic (exact) mass is 439 g/mol. The van der Waals surface area contributed by atoms with Crippen molar-refractivity contribution in [1.82, 2.24) is 4.67 Å². The van der Waals surface area contributed by atoms with Crippen molar-refractivity contribution in [2.24, 2.45) is 0 Å². The van der Waals surface area contributed by atoms with E-state index in [1.54, 1.807) is 0 Å². The van der Waals surface area contributed by atoms with Crippen LogP contribution in [0.25, 0.3) is 11.1 Å². The van der Waals surface area contributed by atoms with Gasteiger partial charge >= 0.3 is 0 Å². The molecule has 1 aliphatic rings. The molecule has 0 spiro atoms. The quantitative estimate of drug-likeness (QED) is 0.203. The number of unbranched alkanes of at least 4 members (excludes halogenated alkanes) is 10. The largest absolute Gasteiger partial charge is 0.453 e. The Morgan fingerprint density at radius 1 is 0.613 bits per heavy atom. The summed E-state index contributed by atoms with van der Waals surface area (Å²) >= 11 is 0. The van der Waals surface area contributed by atoms with E-state index in [4.69, 9.17) is 4.52 Å². The summed E-state index contributed by atoms with van der Waals surface area (Å²) in [4.78, 5) is 0. The average molecular weight is 440 g/mol. The fraction of sp³-hybridized carbons (Fsp3) is 0.571. The Morgan fingerprint density at radius 2 is 1.13 bits per heavy atom. The third-order valence-corrected chi connectivity index (χ3v) is 8.35. The summed E-state index contributed by atoms with van der Waals surface area (Å²) in [5.41, 5.74) is 2.61. The minimum absolute atomic E-state index is 0.759. The Hall–Kier alpha value is -1.37. The molecule has 0 N–H and O–H groups in total. The van der Waals surface area contributed by atoms with Crippen LogP contribution in [0.3, 0.4) is 0 Å². The van der Waals surface area contributed by atoms with Crippen LogP contribution in [0.15, 0.2) is 48.5 Å². The molecule has 1 heterocycles. The predicted molar refractivity (Wildman–Crippen MR) is 137 cm³/mol. The van der Waals surface area contributed by atoms with Crippen molar-refractivity contribution in [2.75, 3.05) is 13.1 Å². The van der Waals surface area contributed by atoms with E-state index in [1.165, 1.54) is 93.5 Å². The number of fused-ring (bicyclic) bond motifs is 3. The lowest BCUT2D eigenvalue weighted by Gasteiger charge is -2.35. The van der Waals surface area contributed by atoms with Gasteiger partial charge in [0.05, 0.1) is 0 Å². The van der Waals surface area contributed by atoms with E-state index in [0.29, 0.717) is 0 Å². The van der Waals surface area contributed by atoms with Gasteiger partial charge in [-0.2, -0.15) is 0 Å². The van der Waals surface area contributed by atoms with Gasteiger partial charge in [0.15, 0.2) is 8.30 Å². The van der Waals surface area contributed by atoms with Crippen molar-refractivity contribution in [2.45, 2.75) is 90.9 Å². The number of hydrogen-bond acceptors (Lipinski definition) is 2. The highest BCUT2D eigenvalue weighted by molar-refractivity contribution is 7.59. The highest BCUT2D eigenvalue weighted by Gasteiger charge is 2.31. The second kappa shape index (κ2) is 13.9. The lowest BCUT2D eigenvalue weighted by Crippen LogP contribution is -2.30. The standard InChI is InChI=1S/C28H42NOP/c1-3-5-7-9-11-17-23-29(24-18-12-10-8-6-4-2)31-28-22-16-14-20-26(28)25-19-13-15-21-27(25)30-31/h13-16,19-22H,3-12,17-18,23-24H2,1-2H3. The van der Waals surface area contributed by atoms with Crippen LogP contribution in [0, 0.1) is 0 Å². The molecule has 1 aliphatic heterocycles. The Kier molecular flexibility index (Phi) is 10.9. The van der Waals surface area contributed by atoms with E-state index in [9.17, 15) is 0 Å². The molecule has 170 valence electrons. The van der Waals surface area contributed by atoms with Crippen LogP contribution in [0.5, 0.6) is 5.75 Å². The SMILES string of the molecule is CCCCCCCCN(CCCCCCCC)P1Oc2ccccc2-c2ccccc21. The first-order valence-corrected chi connectivity index (χ1v) is 14.0. The summed E-state index contributed by atoms with van der Waals surface area (Å²) in [6.45, 7) is 6.90. The van der Waals surface area contributed by atoms with Crippen molar-refractivity contribution in [3.8, 4) is 16.9 Å². The molecule has 0 saturated carbocycles. The maximum atomic E-state index is 6.70. The molecule has 1 unspecified atom stereocenters. The molecule has 0 bridgehead atoms. The van der Waals surface area contributed by atoms with Crippen LogP contribution in [0.4, 0.5) is 0 Å². The Labute approximate surface area is 192 Å². The van der Waals surface area contributed by atoms with Gasteiger partial charge in [0.2, 0.25) is 0 Å². The summed E-state index contributed by atoms with van der Waals surface area (Å²) in [5, 5.41) is 1.40. The average Bonchev–Trinajstić information content (AvgIpc) is 2.81. The molecule has 3 rings (SSSR count). The molecule has 0 amide bonds. The van der Waals surface area contributed by atoms with Crippen molar-refractivity contribution in [1.29, 1.82) is 0 Å². The Balaban J connectivity index is 1.67.